The molecule has 12 heteroatoms. The molecule has 0 radical (unpaired) electrons. The molecule has 1 aliphatic rings. The largest absolute Gasteiger partial charge is 0.506 e. The van der Waals surface area contributed by atoms with Crippen molar-refractivity contribution in [1.29, 1.82) is 0 Å². The van der Waals surface area contributed by atoms with Crippen molar-refractivity contribution in [3.63, 3.8) is 0 Å². The molecule has 1 aliphatic carbocycles. The molecule has 1 aromatic carbocycles. The quantitative estimate of drug-likeness (QED) is 0.0396. The number of nitrogens with zero attached hydrogens (tertiary/aromatic N) is 1. The smallest absolute Gasteiger partial charge is 0.349 e. The minimum absolute atomic E-state index is 0.0461. The Kier molecular flexibility index (Phi) is 15.4. The normalized spacial score (nSPS) is 17.5. The molecule has 0 bridgehead atoms. The van der Waals surface area contributed by atoms with Crippen LogP contribution in [0.2, 0.25) is 18.1 Å². The highest BCUT2D eigenvalue weighted by Crippen LogP contribution is 2.41. The Morgan fingerprint density at radius 2 is 1.55 bits per heavy atom. The molecule has 9 nitrogen and oxygen atoms in total. The van der Waals surface area contributed by atoms with Crippen LogP contribution >= 0.6 is 22.7 Å². The molecule has 0 aliphatic heterocycles. The number of rotatable bonds is 20. The van der Waals surface area contributed by atoms with Gasteiger partial charge in [0.1, 0.15) is 11.9 Å². The monoisotopic (exact) mass is 809 g/mol. The van der Waals surface area contributed by atoms with E-state index in [0.717, 1.165) is 56.1 Å². The molecule has 0 unspecified atom stereocenters. The third kappa shape index (κ3) is 11.2. The Balaban J connectivity index is 0.962. The van der Waals surface area contributed by atoms with Gasteiger partial charge in [0.05, 0.1) is 21.4 Å². The van der Waals surface area contributed by atoms with E-state index < -0.39 is 19.9 Å². The predicted octanol–water partition coefficient (Wildman–Crippen LogP) is 9.46. The van der Waals surface area contributed by atoms with Gasteiger partial charge in [0.25, 0.3) is 0 Å². The number of aromatic nitrogens is 1. The van der Waals surface area contributed by atoms with E-state index in [1.165, 1.54) is 67.3 Å². The van der Waals surface area contributed by atoms with Gasteiger partial charge in [0.2, 0.25) is 11.2 Å². The van der Waals surface area contributed by atoms with E-state index in [-0.39, 0.29) is 28.6 Å². The molecule has 5 rings (SSSR count). The van der Waals surface area contributed by atoms with Crippen LogP contribution < -0.4 is 10.9 Å². The fraction of sp³-hybridized carbons (Fsp3) is 0.581. The maximum absolute atomic E-state index is 13.4. The molecule has 0 saturated heterocycles. The SMILES string of the molecule is CN(CCCCCCCCCNC[C@@H](O[Si](C)(C)C(C)(C)C)c1ccc(O)c2[nH]c(=O)ccc12)C1CCC(OC(=O)C(O)(c2cccs2)c2cccs2)CC1. The Hall–Kier alpha value is -2.84. The van der Waals surface area contributed by atoms with Gasteiger partial charge < -0.3 is 34.6 Å². The number of thiophene rings is 2. The second-order valence-electron chi connectivity index (χ2n) is 16.8. The number of aliphatic hydroxyl groups is 1. The summed E-state index contributed by atoms with van der Waals surface area (Å²) in [6.07, 6.45) is 11.7. The number of nitrogens with one attached hydrogen (secondary N) is 2. The number of H-pyrrole nitrogens is 1. The van der Waals surface area contributed by atoms with Gasteiger partial charge in [-0.05, 0) is 117 Å². The number of pyridine rings is 1. The number of hydrogen-bond donors (Lipinski definition) is 4. The zero-order valence-electron chi connectivity index (χ0n) is 33.7. The lowest BCUT2D eigenvalue weighted by Crippen LogP contribution is -2.43. The number of hydrogen-bond acceptors (Lipinski definition) is 10. The van der Waals surface area contributed by atoms with Gasteiger partial charge in [0, 0.05) is 24.0 Å². The summed E-state index contributed by atoms with van der Waals surface area (Å²) in [5.74, 6) is -0.497. The first-order chi connectivity index (χ1) is 26.2. The third-order valence-electron chi connectivity index (χ3n) is 11.8. The van der Waals surface area contributed by atoms with E-state index in [9.17, 15) is 19.8 Å². The zero-order valence-corrected chi connectivity index (χ0v) is 36.3. The van der Waals surface area contributed by atoms with E-state index in [1.54, 1.807) is 24.3 Å². The van der Waals surface area contributed by atoms with Gasteiger partial charge in [-0.3, -0.25) is 4.79 Å². The summed E-state index contributed by atoms with van der Waals surface area (Å²) in [7, 11) is 0.117. The number of esters is 1. The van der Waals surface area contributed by atoms with Crippen molar-refractivity contribution in [2.24, 2.45) is 0 Å². The number of aromatic hydroxyl groups is 1. The molecule has 1 atom stereocenters. The lowest BCUT2D eigenvalue weighted by Gasteiger charge is -2.39. The average molecular weight is 810 g/mol. The minimum Gasteiger partial charge on any atom is -0.506 e. The molecule has 3 heterocycles. The lowest BCUT2D eigenvalue weighted by molar-refractivity contribution is -0.169. The highest BCUT2D eigenvalue weighted by Gasteiger charge is 2.45. The zero-order chi connectivity index (χ0) is 39.6. The highest BCUT2D eigenvalue weighted by atomic mass is 32.1. The summed E-state index contributed by atoms with van der Waals surface area (Å²) < 4.78 is 12.9. The second kappa shape index (κ2) is 19.5. The maximum Gasteiger partial charge on any atom is 0.349 e. The molecule has 4 N–H and O–H groups in total. The van der Waals surface area contributed by atoms with Crippen molar-refractivity contribution >= 4 is 47.9 Å². The predicted molar refractivity (Wildman–Crippen MR) is 229 cm³/mol. The van der Waals surface area contributed by atoms with Crippen LogP contribution in [0.25, 0.3) is 10.9 Å². The Labute approximate surface area is 336 Å². The van der Waals surface area contributed by atoms with Crippen LogP contribution in [0, 0.1) is 0 Å². The van der Waals surface area contributed by atoms with Crippen LogP contribution in [-0.4, -0.2) is 73.2 Å². The summed E-state index contributed by atoms with van der Waals surface area (Å²) in [5, 5.41) is 30.3. The number of fused-ring (bicyclic) bond motifs is 1. The first kappa shape index (κ1) is 43.3. The van der Waals surface area contributed by atoms with Gasteiger partial charge in [0.15, 0.2) is 8.32 Å². The maximum atomic E-state index is 13.4. The number of unbranched alkanes of at least 4 members (excludes halogenated alkanes) is 6. The first-order valence-electron chi connectivity index (χ1n) is 20.2. The van der Waals surface area contributed by atoms with Crippen LogP contribution in [0.1, 0.15) is 113 Å². The average Bonchev–Trinajstić information content (AvgIpc) is 3.90. The van der Waals surface area contributed by atoms with E-state index in [4.69, 9.17) is 9.16 Å². The molecule has 3 aromatic heterocycles. The minimum atomic E-state index is -2.11. The van der Waals surface area contributed by atoms with Crippen LogP contribution in [0.5, 0.6) is 5.75 Å². The van der Waals surface area contributed by atoms with Crippen LogP contribution in [-0.2, 0) is 19.6 Å². The van der Waals surface area contributed by atoms with E-state index in [2.05, 4.69) is 56.1 Å². The Morgan fingerprint density at radius 1 is 0.927 bits per heavy atom. The standard InChI is InChI=1S/C43H63N3O6S2Si/c1-42(2,3)55(5,6)52-36(33-22-24-35(47)40-34(33)23-25-39(48)45-40)30-44-26-12-10-8-7-9-11-13-27-46(4)31-18-20-32(21-19-31)51-41(49)43(50,37-16-14-28-53-37)38-17-15-29-54-38/h14-17,22-25,28-29,31-32,36,44,47,50H,7-13,18-21,26-27,30H2,1-6H3,(H,45,48)/t31?,32?,36-/m1/s1. The Bertz CT molecular complexity index is 1800. The van der Waals surface area contributed by atoms with Crippen LogP contribution in [0.3, 0.4) is 0 Å². The topological polar surface area (TPSA) is 124 Å². The van der Waals surface area contributed by atoms with Gasteiger partial charge in [-0.25, -0.2) is 4.79 Å². The number of ether oxygens (including phenoxy) is 1. The van der Waals surface area contributed by atoms with Crippen molar-refractivity contribution in [2.75, 3.05) is 26.7 Å². The first-order valence-corrected chi connectivity index (χ1v) is 24.8. The molecule has 55 heavy (non-hydrogen) atoms. The fourth-order valence-electron chi connectivity index (χ4n) is 7.33. The number of carbonyl (C=O) groups excluding carboxylic acids is 1. The summed E-state index contributed by atoms with van der Waals surface area (Å²) in [4.78, 5) is 31.9. The molecular formula is C43H63N3O6S2Si. The number of phenolic OH excluding ortho intramolecular Hbond substituents is 1. The molecule has 302 valence electrons. The molecule has 1 saturated carbocycles. The van der Waals surface area contributed by atoms with Gasteiger partial charge in [-0.1, -0.05) is 71.1 Å². The summed E-state index contributed by atoms with van der Waals surface area (Å²) >= 11 is 2.75. The van der Waals surface area contributed by atoms with Gasteiger partial charge in [-0.2, -0.15) is 0 Å². The van der Waals surface area contributed by atoms with Crippen molar-refractivity contribution in [3.8, 4) is 5.75 Å². The third-order valence-corrected chi connectivity index (χ3v) is 18.2. The highest BCUT2D eigenvalue weighted by molar-refractivity contribution is 7.12. The van der Waals surface area contributed by atoms with Crippen molar-refractivity contribution in [3.05, 3.63) is 85.0 Å². The van der Waals surface area contributed by atoms with E-state index >= 15 is 0 Å². The van der Waals surface area contributed by atoms with E-state index in [1.807, 2.05) is 29.0 Å². The van der Waals surface area contributed by atoms with Gasteiger partial charge in [-0.15, -0.1) is 22.7 Å². The van der Waals surface area contributed by atoms with E-state index in [0.29, 0.717) is 27.9 Å². The molecule has 0 amide bonds. The lowest BCUT2D eigenvalue weighted by atomic mass is 9.91. The molecule has 0 spiro atoms. The van der Waals surface area contributed by atoms with Crippen LogP contribution in [0.15, 0.2) is 64.1 Å². The number of aromatic amines is 1. The summed E-state index contributed by atoms with van der Waals surface area (Å²) in [5.41, 5.74) is -0.542. The van der Waals surface area contributed by atoms with Crippen molar-refractivity contribution in [1.82, 2.24) is 15.2 Å². The molecule has 1 fully saturated rings. The van der Waals surface area contributed by atoms with Crippen molar-refractivity contribution < 1.29 is 24.2 Å². The fourth-order valence-corrected chi connectivity index (χ4v) is 10.3. The molecular weight excluding hydrogens is 747 g/mol. The summed E-state index contributed by atoms with van der Waals surface area (Å²) in [6, 6.07) is 14.7. The molecule has 4 aromatic rings. The number of carbonyl (C=O) groups is 1. The van der Waals surface area contributed by atoms with Gasteiger partial charge >= 0.3 is 5.97 Å². The Morgan fingerprint density at radius 3 is 2.15 bits per heavy atom. The summed E-state index contributed by atoms with van der Waals surface area (Å²) in [6.45, 7) is 13.9. The second-order valence-corrected chi connectivity index (χ2v) is 23.5. The number of phenols is 1. The number of benzene rings is 1. The van der Waals surface area contributed by atoms with Crippen LogP contribution in [0.4, 0.5) is 0 Å². The van der Waals surface area contributed by atoms with Crippen molar-refractivity contribution in [2.45, 2.75) is 133 Å².